The number of nitrogens with zero attached hydrogens (tertiary/aromatic N) is 6. The number of esters is 1. The third-order valence-electron chi connectivity index (χ3n) is 17.1. The van der Waals surface area contributed by atoms with Gasteiger partial charge in [0.05, 0.1) is 52.7 Å². The summed E-state index contributed by atoms with van der Waals surface area (Å²) in [5.41, 5.74) is 9.11. The summed E-state index contributed by atoms with van der Waals surface area (Å²) < 4.78 is 12.3. The number of likely N-dealkylation sites (tertiary alicyclic amines) is 2. The number of ether oxygens (including phenoxy) is 2. The molecule has 4 amide bonds. The van der Waals surface area contributed by atoms with E-state index in [4.69, 9.17) is 14.5 Å². The number of carbonyl (C=O) groups excluding carboxylic acids is 5. The zero-order valence-electron chi connectivity index (χ0n) is 49.3. The molecule has 86 heavy (non-hydrogen) atoms. The highest BCUT2D eigenvalue weighted by Crippen LogP contribution is 2.53. The Morgan fingerprint density at radius 1 is 0.919 bits per heavy atom. The Morgan fingerprint density at radius 3 is 2.43 bits per heavy atom. The highest BCUT2D eigenvalue weighted by atomic mass is 32.1. The van der Waals surface area contributed by atoms with E-state index in [-0.39, 0.29) is 55.1 Å². The lowest BCUT2D eigenvalue weighted by Gasteiger charge is -2.52. The maximum Gasteiger partial charge on any atom is 0.357 e. The van der Waals surface area contributed by atoms with Crippen LogP contribution in [-0.4, -0.2) is 124 Å². The molecule has 0 bridgehead atoms. The summed E-state index contributed by atoms with van der Waals surface area (Å²) in [5.74, 6) is 6.42. The lowest BCUT2D eigenvalue weighted by atomic mass is 9.57. The molecule has 4 aliphatic rings. The second-order valence-electron chi connectivity index (χ2n) is 24.3. The first-order chi connectivity index (χ1) is 41.5. The van der Waals surface area contributed by atoms with Crippen LogP contribution in [0, 0.1) is 35.5 Å². The molecule has 1 saturated carbocycles. The molecular weight excluding hydrogens is 1140 g/mol. The second kappa shape index (κ2) is 26.2. The third kappa shape index (κ3) is 14.0. The van der Waals surface area contributed by atoms with E-state index >= 15 is 0 Å². The maximum absolute atomic E-state index is 14.3. The molecule has 7 aromatic rings. The Hall–Kier alpha value is -7.54. The number of amides is 4. The number of aryl methyl sites for hydroxylation is 2. The van der Waals surface area contributed by atoms with Crippen molar-refractivity contribution in [3.63, 3.8) is 0 Å². The smallest absolute Gasteiger partial charge is 0.357 e. The fourth-order valence-electron chi connectivity index (χ4n) is 12.4. The zero-order chi connectivity index (χ0) is 60.1. The fourth-order valence-corrected chi connectivity index (χ4v) is 15.2. The minimum Gasteiger partial charge on any atom is -0.494 e. The van der Waals surface area contributed by atoms with Crippen molar-refractivity contribution in [2.45, 2.75) is 117 Å². The average molecular weight is 1220 g/mol. The number of aromatic nitrogens is 3. The lowest BCUT2D eigenvalue weighted by Crippen LogP contribution is -2.59. The predicted octanol–water partition coefficient (Wildman–Crippen LogP) is 9.84. The number of piperidine rings is 1. The molecule has 2 saturated heterocycles. The summed E-state index contributed by atoms with van der Waals surface area (Å²) in [6.07, 6.45) is 6.33. The minimum atomic E-state index is -0.884. The van der Waals surface area contributed by atoms with Crippen molar-refractivity contribution in [1.82, 2.24) is 35.4 Å². The summed E-state index contributed by atoms with van der Waals surface area (Å²) in [7, 11) is 1.37. The Morgan fingerprint density at radius 2 is 1.70 bits per heavy atom. The number of nitrogens with one attached hydrogen (secondary N) is 3. The van der Waals surface area contributed by atoms with Gasteiger partial charge in [-0.2, -0.15) is 0 Å². The van der Waals surface area contributed by atoms with Crippen LogP contribution in [0.5, 0.6) is 5.75 Å². The molecule has 3 fully saturated rings. The summed E-state index contributed by atoms with van der Waals surface area (Å²) in [6, 6.07) is 27.7. The van der Waals surface area contributed by atoms with Gasteiger partial charge in [0, 0.05) is 55.0 Å². The van der Waals surface area contributed by atoms with Crippen LogP contribution < -0.4 is 25.6 Å². The van der Waals surface area contributed by atoms with E-state index in [9.17, 15) is 29.1 Å². The van der Waals surface area contributed by atoms with Crippen LogP contribution in [0.25, 0.3) is 20.7 Å². The molecule has 448 valence electrons. The van der Waals surface area contributed by atoms with Crippen molar-refractivity contribution in [3.05, 3.63) is 141 Å². The Labute approximate surface area is 513 Å². The largest absolute Gasteiger partial charge is 0.494 e. The van der Waals surface area contributed by atoms with Crippen molar-refractivity contribution in [2.24, 2.45) is 16.7 Å². The van der Waals surface area contributed by atoms with E-state index in [2.05, 4.69) is 53.6 Å². The first kappa shape index (κ1) is 60.2. The van der Waals surface area contributed by atoms with Crippen LogP contribution >= 0.6 is 34.0 Å². The van der Waals surface area contributed by atoms with Crippen LogP contribution in [-0.2, 0) is 45.1 Å². The quantitative estimate of drug-likeness (QED) is 0.0359. The van der Waals surface area contributed by atoms with Crippen molar-refractivity contribution < 1.29 is 38.6 Å². The number of para-hydroxylation sites is 1. The van der Waals surface area contributed by atoms with Gasteiger partial charge >= 0.3 is 5.97 Å². The van der Waals surface area contributed by atoms with Crippen molar-refractivity contribution >= 4 is 84.1 Å². The Balaban J connectivity index is 0.596. The van der Waals surface area contributed by atoms with Gasteiger partial charge in [0.1, 0.15) is 17.8 Å². The molecule has 6 heterocycles. The normalized spacial score (nSPS) is 17.9. The van der Waals surface area contributed by atoms with Crippen LogP contribution in [0.4, 0.5) is 10.3 Å². The van der Waals surface area contributed by atoms with Crippen molar-refractivity contribution in [3.8, 4) is 28.0 Å². The van der Waals surface area contributed by atoms with E-state index in [1.165, 1.54) is 34.7 Å². The summed E-state index contributed by atoms with van der Waals surface area (Å²) in [6.45, 7) is 11.4. The summed E-state index contributed by atoms with van der Waals surface area (Å²) in [4.78, 5) is 89.6. The number of benzene rings is 4. The van der Waals surface area contributed by atoms with Crippen LogP contribution in [0.15, 0.2) is 96.5 Å². The first-order valence-electron chi connectivity index (χ1n) is 29.6. The monoisotopic (exact) mass is 1220 g/mol. The lowest BCUT2D eigenvalue weighted by molar-refractivity contribution is -0.144. The number of aliphatic hydroxyl groups excluding tert-OH is 1. The fraction of sp³-hybridized carbons (Fsp3) is 0.424. The number of rotatable bonds is 18. The Bertz CT molecular complexity index is 3640. The molecule has 1 spiro atoms. The standard InChI is InChI=1S/C66H73N9O8S3/c1-41-57(84-40-68-41)46-22-18-43(19-23-46)36-67-60(79)52-33-47(76)37-75(52)61(80)58(65(2,3)4)70-55(77)39-73-30-27-66(28-31-73)34-44(35-66)12-8-11-42-20-24-48(25-21-42)83-32-10-17-54-56(62(81)82-5)71-64(86-54)74-29-26-45-13-9-14-49(50(45)38-74)59(78)72-63-69-51-15-6-7-16-53(51)85-63/h6-7,9,13-16,18-25,40,44,47,52,58,76H,10,12,17,26-39H2,1-5H3,(H,67,79)(H,70,77)(H,69,72,78)/t47-,52+,58-/m1/s1. The molecule has 17 nitrogen and oxygen atoms in total. The molecule has 0 unspecified atom stereocenters. The average Bonchev–Trinajstić information content (AvgIpc) is 4.29. The van der Waals surface area contributed by atoms with Gasteiger partial charge in [-0.05, 0) is 146 Å². The van der Waals surface area contributed by atoms with Gasteiger partial charge in [-0.1, -0.05) is 92.5 Å². The molecule has 4 aromatic carbocycles. The molecule has 3 aliphatic heterocycles. The van der Waals surface area contributed by atoms with E-state index in [1.807, 2.05) is 118 Å². The summed E-state index contributed by atoms with van der Waals surface area (Å²) >= 11 is 4.50. The van der Waals surface area contributed by atoms with Gasteiger partial charge in [0.2, 0.25) is 17.7 Å². The maximum atomic E-state index is 14.3. The van der Waals surface area contributed by atoms with Gasteiger partial charge < -0.3 is 35.0 Å². The molecule has 4 N–H and O–H groups in total. The molecule has 11 rings (SSSR count). The van der Waals surface area contributed by atoms with E-state index in [0.29, 0.717) is 60.0 Å². The molecule has 1 aliphatic carbocycles. The Kier molecular flexibility index (Phi) is 18.3. The SMILES string of the molecule is COC(=O)c1nc(N2CCc3cccc(C(=O)Nc4nc5ccccc5s4)c3C2)sc1CCCOc1ccc(C#CCC2CC3(CCN(CC(=O)N[C@H](C(=O)N4C[C@H](O)C[C@H]4C(=O)NCc4ccc(-c5scnc5C)cc4)C(C)(C)C)CC3)C2)cc1. The minimum absolute atomic E-state index is 0.0215. The zero-order valence-corrected chi connectivity index (χ0v) is 51.7. The number of carbonyl (C=O) groups is 5. The van der Waals surface area contributed by atoms with Crippen molar-refractivity contribution in [1.29, 1.82) is 0 Å². The molecule has 3 aromatic heterocycles. The number of thiazole rings is 3. The van der Waals surface area contributed by atoms with Crippen LogP contribution in [0.2, 0.25) is 0 Å². The number of aliphatic hydroxyl groups is 1. The van der Waals surface area contributed by atoms with Gasteiger partial charge in [-0.25, -0.2) is 19.7 Å². The molecule has 0 radical (unpaired) electrons. The molecule has 20 heteroatoms. The number of methoxy groups -OCH3 is 1. The van der Waals surface area contributed by atoms with E-state index in [0.717, 1.165) is 111 Å². The topological polar surface area (TPSA) is 209 Å². The number of β-amino-alcohol motifs (C(OH)–C–C–N with tert-alkyl or cyclic N) is 1. The second-order valence-corrected chi connectivity index (χ2v) is 27.2. The van der Waals surface area contributed by atoms with E-state index < -0.39 is 29.6 Å². The molecule has 3 atom stereocenters. The van der Waals surface area contributed by atoms with E-state index in [1.54, 1.807) is 11.3 Å². The molecular formula is C66H73N9O8S3. The summed E-state index contributed by atoms with van der Waals surface area (Å²) in [5, 5.41) is 21.0. The number of fused-ring (bicyclic) bond motifs is 2. The van der Waals surface area contributed by atoms with Gasteiger partial charge in [-0.3, -0.25) is 29.4 Å². The highest BCUT2D eigenvalue weighted by Gasteiger charge is 2.47. The van der Waals surface area contributed by atoms with Gasteiger partial charge in [0.25, 0.3) is 5.91 Å². The number of hydrogen-bond donors (Lipinski definition) is 4. The van der Waals surface area contributed by atoms with Gasteiger partial charge in [0.15, 0.2) is 16.0 Å². The number of hydrogen-bond acceptors (Lipinski definition) is 16. The van der Waals surface area contributed by atoms with Crippen molar-refractivity contribution in [2.75, 3.05) is 56.7 Å². The predicted molar refractivity (Wildman–Crippen MR) is 336 cm³/mol. The van der Waals surface area contributed by atoms with Crippen LogP contribution in [0.3, 0.4) is 0 Å². The number of anilines is 2. The van der Waals surface area contributed by atoms with Gasteiger partial charge in [-0.15, -0.1) is 22.7 Å². The van der Waals surface area contributed by atoms with Crippen LogP contribution in [0.1, 0.15) is 119 Å². The third-order valence-corrected chi connectivity index (χ3v) is 20.2. The first-order valence-corrected chi connectivity index (χ1v) is 32.1. The highest BCUT2D eigenvalue weighted by molar-refractivity contribution is 7.22.